The maximum atomic E-state index is 14.3. The van der Waals surface area contributed by atoms with Crippen molar-refractivity contribution < 1.29 is 14.0 Å². The van der Waals surface area contributed by atoms with Gasteiger partial charge in [-0.2, -0.15) is 0 Å². The summed E-state index contributed by atoms with van der Waals surface area (Å²) in [6.07, 6.45) is 6.08. The number of halogens is 1. The van der Waals surface area contributed by atoms with Gasteiger partial charge in [0.05, 0.1) is 12.0 Å². The molecule has 0 saturated carbocycles. The number of aromatic nitrogens is 2. The van der Waals surface area contributed by atoms with Gasteiger partial charge in [-0.05, 0) is 49.6 Å². The average Bonchev–Trinajstić information content (AvgIpc) is 3.35. The van der Waals surface area contributed by atoms with Crippen molar-refractivity contribution >= 4 is 17.5 Å². The zero-order valence-electron chi connectivity index (χ0n) is 21.2. The molecule has 2 aromatic carbocycles. The van der Waals surface area contributed by atoms with Gasteiger partial charge in [-0.1, -0.05) is 24.3 Å². The lowest BCUT2D eigenvalue weighted by Crippen LogP contribution is -2.41. The van der Waals surface area contributed by atoms with Crippen LogP contribution in [0.15, 0.2) is 61.2 Å². The minimum atomic E-state index is -0.401. The van der Waals surface area contributed by atoms with Crippen molar-refractivity contribution in [3.63, 3.8) is 0 Å². The summed E-state index contributed by atoms with van der Waals surface area (Å²) in [5.74, 6) is -0.624. The summed E-state index contributed by atoms with van der Waals surface area (Å²) >= 11 is 0. The van der Waals surface area contributed by atoms with Crippen molar-refractivity contribution in [2.45, 2.75) is 46.3 Å². The van der Waals surface area contributed by atoms with Crippen LogP contribution in [-0.2, 0) is 17.9 Å². The van der Waals surface area contributed by atoms with Crippen molar-refractivity contribution in [1.29, 1.82) is 0 Å². The molecule has 0 saturated heterocycles. The Bertz CT molecular complexity index is 1190. The predicted molar refractivity (Wildman–Crippen MR) is 138 cm³/mol. The largest absolute Gasteiger partial charge is 0.333 e. The molecule has 190 valence electrons. The van der Waals surface area contributed by atoms with E-state index in [4.69, 9.17) is 0 Å². The van der Waals surface area contributed by atoms with Crippen molar-refractivity contribution in [3.05, 3.63) is 83.7 Å². The van der Waals surface area contributed by atoms with Crippen LogP contribution < -0.4 is 4.90 Å². The fraction of sp³-hybridized carbons (Fsp3) is 0.393. The maximum absolute atomic E-state index is 14.3. The third-order valence-electron chi connectivity index (χ3n) is 6.74. The van der Waals surface area contributed by atoms with Crippen LogP contribution in [0.25, 0.3) is 0 Å². The summed E-state index contributed by atoms with van der Waals surface area (Å²) in [5.41, 5.74) is 2.82. The molecule has 36 heavy (non-hydrogen) atoms. The third-order valence-corrected chi connectivity index (χ3v) is 6.74. The number of nitrogens with zero attached hydrogens (tertiary/aromatic N) is 5. The first-order valence-electron chi connectivity index (χ1n) is 12.5. The Labute approximate surface area is 212 Å². The topological polar surface area (TPSA) is 61.7 Å². The summed E-state index contributed by atoms with van der Waals surface area (Å²) in [6, 6.07) is 12.4. The van der Waals surface area contributed by atoms with E-state index in [1.54, 1.807) is 23.5 Å². The Morgan fingerprint density at radius 2 is 1.86 bits per heavy atom. The van der Waals surface area contributed by atoms with Gasteiger partial charge in [-0.3, -0.25) is 14.5 Å². The monoisotopic (exact) mass is 491 g/mol. The molecule has 0 fully saturated rings. The fourth-order valence-corrected chi connectivity index (χ4v) is 4.75. The number of imidazole rings is 1. The molecule has 0 atom stereocenters. The lowest BCUT2D eigenvalue weighted by molar-refractivity contribution is -0.116. The molecular formula is C28H34FN5O2. The van der Waals surface area contributed by atoms with Gasteiger partial charge in [-0.25, -0.2) is 9.37 Å². The minimum Gasteiger partial charge on any atom is -0.333 e. The number of anilines is 1. The molecule has 2 heterocycles. The van der Waals surface area contributed by atoms with E-state index in [-0.39, 0.29) is 18.4 Å². The van der Waals surface area contributed by atoms with E-state index in [9.17, 15) is 14.0 Å². The van der Waals surface area contributed by atoms with Gasteiger partial charge in [-0.15, -0.1) is 0 Å². The Morgan fingerprint density at radius 1 is 1.06 bits per heavy atom. The molecule has 1 aromatic heterocycles. The SMILES string of the molecule is CC(=O)N1CCCN(C(C)C)CCN(C(=O)c2ccccc2Cn2ccnc2)Cc2ccc(F)cc21. The van der Waals surface area contributed by atoms with E-state index >= 15 is 0 Å². The quantitative estimate of drug-likeness (QED) is 0.549. The van der Waals surface area contributed by atoms with Crippen LogP contribution in [0.2, 0.25) is 0 Å². The van der Waals surface area contributed by atoms with Gasteiger partial charge in [0, 0.05) is 70.2 Å². The Balaban J connectivity index is 1.72. The first kappa shape index (κ1) is 25.6. The van der Waals surface area contributed by atoms with E-state index in [2.05, 4.69) is 23.7 Å². The Hall–Kier alpha value is -3.52. The summed E-state index contributed by atoms with van der Waals surface area (Å²) in [5, 5.41) is 0. The number of amides is 2. The van der Waals surface area contributed by atoms with Gasteiger partial charge in [0.25, 0.3) is 5.91 Å². The predicted octanol–water partition coefficient (Wildman–Crippen LogP) is 4.18. The first-order chi connectivity index (χ1) is 17.3. The second-order valence-electron chi connectivity index (χ2n) is 9.55. The molecule has 0 bridgehead atoms. The molecule has 2 amide bonds. The van der Waals surface area contributed by atoms with Gasteiger partial charge < -0.3 is 14.4 Å². The highest BCUT2D eigenvalue weighted by molar-refractivity contribution is 5.96. The average molecular weight is 492 g/mol. The third kappa shape index (κ3) is 5.99. The van der Waals surface area contributed by atoms with E-state index < -0.39 is 5.82 Å². The van der Waals surface area contributed by atoms with Crippen LogP contribution in [-0.4, -0.2) is 63.4 Å². The molecule has 0 spiro atoms. The summed E-state index contributed by atoms with van der Waals surface area (Å²) in [7, 11) is 0. The fourth-order valence-electron chi connectivity index (χ4n) is 4.75. The highest BCUT2D eigenvalue weighted by Gasteiger charge is 2.25. The zero-order valence-corrected chi connectivity index (χ0v) is 21.2. The smallest absolute Gasteiger partial charge is 0.254 e. The van der Waals surface area contributed by atoms with E-state index in [0.717, 1.165) is 24.1 Å². The van der Waals surface area contributed by atoms with E-state index in [1.165, 1.54) is 19.1 Å². The molecule has 1 aliphatic heterocycles. The highest BCUT2D eigenvalue weighted by Crippen LogP contribution is 2.26. The molecule has 7 nitrogen and oxygen atoms in total. The molecule has 0 aliphatic carbocycles. The molecule has 0 radical (unpaired) electrons. The molecule has 8 heteroatoms. The van der Waals surface area contributed by atoms with Crippen LogP contribution >= 0.6 is 0 Å². The van der Waals surface area contributed by atoms with Gasteiger partial charge in [0.2, 0.25) is 5.91 Å². The number of rotatable bonds is 4. The van der Waals surface area contributed by atoms with Crippen LogP contribution in [0, 0.1) is 5.82 Å². The molecule has 4 rings (SSSR count). The van der Waals surface area contributed by atoms with E-state index in [0.29, 0.717) is 43.5 Å². The maximum Gasteiger partial charge on any atom is 0.254 e. The molecule has 1 aliphatic rings. The van der Waals surface area contributed by atoms with Crippen LogP contribution in [0.5, 0.6) is 0 Å². The second-order valence-corrected chi connectivity index (χ2v) is 9.55. The number of hydrogen-bond donors (Lipinski definition) is 0. The number of fused-ring (bicyclic) bond motifs is 1. The van der Waals surface area contributed by atoms with Gasteiger partial charge in [0.15, 0.2) is 0 Å². The molecule has 0 N–H and O–H groups in total. The van der Waals surface area contributed by atoms with Crippen LogP contribution in [0.1, 0.15) is 48.7 Å². The van der Waals surface area contributed by atoms with Crippen LogP contribution in [0.3, 0.4) is 0 Å². The standard InChI is InChI=1S/C28H34FN5O2/c1-21(2)32-12-6-13-34(22(3)35)27-17-25(29)10-9-24(27)19-33(16-15-32)28(36)26-8-5-4-7-23(26)18-31-14-11-30-20-31/h4-5,7-11,14,17,20-21H,6,12-13,15-16,18-19H2,1-3H3. The Morgan fingerprint density at radius 3 is 2.58 bits per heavy atom. The van der Waals surface area contributed by atoms with Crippen molar-refractivity contribution in [2.24, 2.45) is 0 Å². The first-order valence-corrected chi connectivity index (χ1v) is 12.5. The highest BCUT2D eigenvalue weighted by atomic mass is 19.1. The summed E-state index contributed by atoms with van der Waals surface area (Å²) in [6.45, 7) is 9.11. The number of carbonyl (C=O) groups is 2. The summed E-state index contributed by atoms with van der Waals surface area (Å²) in [4.78, 5) is 36.5. The Kier molecular flexibility index (Phi) is 8.15. The van der Waals surface area contributed by atoms with Gasteiger partial charge in [0.1, 0.15) is 5.82 Å². The number of carbonyl (C=O) groups excluding carboxylic acids is 2. The van der Waals surface area contributed by atoms with Crippen molar-refractivity contribution in [1.82, 2.24) is 19.4 Å². The second kappa shape index (κ2) is 11.5. The molecule has 3 aromatic rings. The zero-order chi connectivity index (χ0) is 25.7. The normalized spacial score (nSPS) is 15.5. The molecule has 0 unspecified atom stereocenters. The van der Waals surface area contributed by atoms with Gasteiger partial charge >= 0.3 is 0 Å². The summed E-state index contributed by atoms with van der Waals surface area (Å²) < 4.78 is 16.2. The lowest BCUT2D eigenvalue weighted by atomic mass is 10.0. The number of benzene rings is 2. The number of hydrogen-bond acceptors (Lipinski definition) is 4. The van der Waals surface area contributed by atoms with E-state index in [1.807, 2.05) is 39.9 Å². The van der Waals surface area contributed by atoms with Crippen molar-refractivity contribution in [3.8, 4) is 0 Å². The minimum absolute atomic E-state index is 0.0849. The van der Waals surface area contributed by atoms with Crippen molar-refractivity contribution in [2.75, 3.05) is 31.1 Å². The lowest BCUT2D eigenvalue weighted by Gasteiger charge is -2.30. The molecular weight excluding hydrogens is 457 g/mol. The van der Waals surface area contributed by atoms with Crippen LogP contribution in [0.4, 0.5) is 10.1 Å².